The van der Waals surface area contributed by atoms with Crippen LogP contribution in [0.2, 0.25) is 0 Å². The van der Waals surface area contributed by atoms with Gasteiger partial charge in [0.25, 0.3) is 9.84 Å². The lowest BCUT2D eigenvalue weighted by Gasteiger charge is -1.99. The molecular formula is C6H9N3O5S. The van der Waals surface area contributed by atoms with E-state index in [0.717, 1.165) is 10.8 Å². The van der Waals surface area contributed by atoms with E-state index in [0.29, 0.717) is 0 Å². The third-order valence-electron chi connectivity index (χ3n) is 1.66. The van der Waals surface area contributed by atoms with Crippen molar-refractivity contribution < 1.29 is 18.1 Å². The van der Waals surface area contributed by atoms with Crippen molar-refractivity contribution in [3.05, 3.63) is 16.3 Å². The second-order valence-corrected chi connectivity index (χ2v) is 4.57. The highest BCUT2D eigenvalue weighted by Gasteiger charge is 2.27. The number of hydrogen-bond donors (Lipinski definition) is 0. The van der Waals surface area contributed by atoms with E-state index in [1.54, 1.807) is 0 Å². The minimum absolute atomic E-state index is 0.379. The van der Waals surface area contributed by atoms with Crippen LogP contribution in [0, 0.1) is 10.1 Å². The number of aromatic nitrogens is 2. The second kappa shape index (κ2) is 3.95. The maximum absolute atomic E-state index is 11.5. The molecule has 0 spiro atoms. The molecule has 1 aromatic heterocycles. The summed E-state index contributed by atoms with van der Waals surface area (Å²) in [5.41, 5.74) is 0. The first kappa shape index (κ1) is 11.6. The van der Waals surface area contributed by atoms with Gasteiger partial charge in [0.1, 0.15) is 6.20 Å². The van der Waals surface area contributed by atoms with Crippen LogP contribution in [0.25, 0.3) is 0 Å². The summed E-state index contributed by atoms with van der Waals surface area (Å²) in [5, 5.41) is 10.1. The number of imidazole rings is 1. The number of hydrogen-bond acceptors (Lipinski definition) is 6. The topological polar surface area (TPSA) is 104 Å². The Balaban J connectivity index is 3.23. The second-order valence-electron chi connectivity index (χ2n) is 2.74. The fourth-order valence-corrected chi connectivity index (χ4v) is 2.19. The van der Waals surface area contributed by atoms with Crippen LogP contribution in [0.4, 0.5) is 5.82 Å². The molecule has 0 aliphatic rings. The molecule has 1 rings (SSSR count). The first-order valence-corrected chi connectivity index (χ1v) is 5.43. The van der Waals surface area contributed by atoms with Crippen molar-refractivity contribution in [2.75, 3.05) is 13.0 Å². The predicted molar refractivity (Wildman–Crippen MR) is 48.9 cm³/mol. The number of rotatable bonds is 4. The molecule has 15 heavy (non-hydrogen) atoms. The van der Waals surface area contributed by atoms with Gasteiger partial charge in [0.2, 0.25) is 0 Å². The van der Waals surface area contributed by atoms with Gasteiger partial charge in [-0.1, -0.05) is 0 Å². The Hall–Kier alpha value is -1.48. The van der Waals surface area contributed by atoms with Gasteiger partial charge >= 0.3 is 11.0 Å². The molecule has 0 aliphatic heterocycles. The third kappa shape index (κ3) is 2.13. The van der Waals surface area contributed by atoms with E-state index in [1.165, 1.54) is 14.2 Å². The van der Waals surface area contributed by atoms with Gasteiger partial charge < -0.3 is 14.9 Å². The third-order valence-corrected chi connectivity index (χ3v) is 3.14. The van der Waals surface area contributed by atoms with E-state index in [4.69, 9.17) is 0 Å². The van der Waals surface area contributed by atoms with Crippen molar-refractivity contribution in [2.24, 2.45) is 7.05 Å². The Morgan fingerprint density at radius 3 is 2.67 bits per heavy atom. The van der Waals surface area contributed by atoms with E-state index in [9.17, 15) is 18.5 Å². The minimum atomic E-state index is -3.73. The van der Waals surface area contributed by atoms with Crippen LogP contribution in [-0.2, 0) is 21.6 Å². The predicted octanol–water partition coefficient (Wildman–Crippen LogP) is -0.294. The summed E-state index contributed by atoms with van der Waals surface area (Å²) < 4.78 is 28.3. The first-order chi connectivity index (χ1) is 6.90. The summed E-state index contributed by atoms with van der Waals surface area (Å²) in [5.74, 6) is -0.945. The summed E-state index contributed by atoms with van der Waals surface area (Å²) in [4.78, 5) is 13.2. The van der Waals surface area contributed by atoms with Crippen LogP contribution >= 0.6 is 0 Å². The van der Waals surface area contributed by atoms with Crippen LogP contribution in [0.15, 0.2) is 11.4 Å². The highest BCUT2D eigenvalue weighted by atomic mass is 32.2. The lowest BCUT2D eigenvalue weighted by molar-refractivity contribution is -0.392. The summed E-state index contributed by atoms with van der Waals surface area (Å²) in [6.45, 7) is 0. The van der Waals surface area contributed by atoms with E-state index in [-0.39, 0.29) is 11.0 Å². The zero-order valence-electron chi connectivity index (χ0n) is 8.08. The molecule has 1 heterocycles. The monoisotopic (exact) mass is 235 g/mol. The summed E-state index contributed by atoms with van der Waals surface area (Å²) in [7, 11) is -1.25. The van der Waals surface area contributed by atoms with Gasteiger partial charge in [0, 0.05) is 7.11 Å². The van der Waals surface area contributed by atoms with Gasteiger partial charge in [-0.15, -0.1) is 0 Å². The molecular weight excluding hydrogens is 226 g/mol. The van der Waals surface area contributed by atoms with E-state index in [2.05, 4.69) is 9.72 Å². The van der Waals surface area contributed by atoms with Gasteiger partial charge in [-0.3, -0.25) is 0 Å². The molecule has 0 N–H and O–H groups in total. The van der Waals surface area contributed by atoms with Crippen LogP contribution < -0.4 is 0 Å². The highest BCUT2D eigenvalue weighted by Crippen LogP contribution is 2.16. The Bertz CT molecular complexity index is 477. The van der Waals surface area contributed by atoms with Gasteiger partial charge in [-0.05, 0) is 4.92 Å². The van der Waals surface area contributed by atoms with Gasteiger partial charge in [-0.25, -0.2) is 8.42 Å². The van der Waals surface area contributed by atoms with E-state index >= 15 is 0 Å². The van der Waals surface area contributed by atoms with Crippen molar-refractivity contribution in [3.63, 3.8) is 0 Å². The molecule has 0 fully saturated rings. The molecule has 0 atom stereocenters. The quantitative estimate of drug-likeness (QED) is 0.524. The first-order valence-electron chi connectivity index (χ1n) is 3.78. The van der Waals surface area contributed by atoms with Crippen LogP contribution in [0.5, 0.6) is 0 Å². The van der Waals surface area contributed by atoms with Crippen LogP contribution in [-0.4, -0.2) is 35.9 Å². The summed E-state index contributed by atoms with van der Waals surface area (Å²) in [6.07, 6.45) is 0.891. The lowest BCUT2D eigenvalue weighted by Crippen LogP contribution is -2.14. The maximum Gasteiger partial charge on any atom is 0.343 e. The van der Waals surface area contributed by atoms with Gasteiger partial charge in [0.05, 0.1) is 7.05 Å². The fourth-order valence-electron chi connectivity index (χ4n) is 1.05. The molecule has 8 nitrogen and oxygen atoms in total. The number of sulfone groups is 1. The fraction of sp³-hybridized carbons (Fsp3) is 0.500. The smallest absolute Gasteiger partial charge is 0.343 e. The van der Waals surface area contributed by atoms with E-state index in [1.807, 2.05) is 0 Å². The van der Waals surface area contributed by atoms with Gasteiger partial charge in [-0.2, -0.15) is 9.55 Å². The lowest BCUT2D eigenvalue weighted by atomic mass is 10.8. The number of ether oxygens (including phenoxy) is 1. The Kier molecular flexibility index (Phi) is 3.05. The molecule has 0 saturated heterocycles. The molecule has 1 aromatic rings. The molecule has 0 bridgehead atoms. The molecule has 0 aromatic carbocycles. The highest BCUT2D eigenvalue weighted by molar-refractivity contribution is 7.91. The average molecular weight is 235 g/mol. The van der Waals surface area contributed by atoms with Crippen LogP contribution in [0.3, 0.4) is 0 Å². The van der Waals surface area contributed by atoms with Crippen LogP contribution in [0.1, 0.15) is 0 Å². The molecule has 0 saturated carbocycles. The molecule has 0 aliphatic carbocycles. The zero-order valence-corrected chi connectivity index (χ0v) is 8.89. The molecule has 0 amide bonds. The van der Waals surface area contributed by atoms with Crippen molar-refractivity contribution in [1.82, 2.24) is 9.55 Å². The standard InChI is InChI=1S/C6H9N3O5S/c1-8-5(9(10)11)3-7-6(8)15(12,13)4-14-2/h3H,4H2,1-2H3. The molecule has 84 valence electrons. The van der Waals surface area contributed by atoms with Crippen molar-refractivity contribution >= 4 is 15.7 Å². The largest absolute Gasteiger partial charge is 0.368 e. The minimum Gasteiger partial charge on any atom is -0.368 e. The number of nitrogens with zero attached hydrogens (tertiary/aromatic N) is 3. The SMILES string of the molecule is COCS(=O)(=O)c1ncc([N+](=O)[O-])n1C. The van der Waals surface area contributed by atoms with Crippen molar-refractivity contribution in [1.29, 1.82) is 0 Å². The summed E-state index contributed by atoms with van der Waals surface area (Å²) >= 11 is 0. The maximum atomic E-state index is 11.5. The Labute approximate surface area is 85.6 Å². The van der Waals surface area contributed by atoms with Crippen molar-refractivity contribution in [3.8, 4) is 0 Å². The van der Waals surface area contributed by atoms with Gasteiger partial charge in [0.15, 0.2) is 5.94 Å². The normalized spacial score (nSPS) is 11.6. The average Bonchev–Trinajstić information content (AvgIpc) is 2.47. The Morgan fingerprint density at radius 2 is 2.27 bits per heavy atom. The van der Waals surface area contributed by atoms with E-state index < -0.39 is 20.7 Å². The Morgan fingerprint density at radius 1 is 1.67 bits per heavy atom. The summed E-state index contributed by atoms with van der Waals surface area (Å²) in [6, 6.07) is 0. The number of methoxy groups -OCH3 is 1. The molecule has 0 unspecified atom stereocenters. The van der Waals surface area contributed by atoms with Crippen molar-refractivity contribution in [2.45, 2.75) is 5.16 Å². The number of nitro groups is 1. The molecule has 9 heteroatoms. The molecule has 0 radical (unpaired) electrons. The zero-order chi connectivity index (χ0) is 11.6.